The van der Waals surface area contributed by atoms with E-state index in [2.05, 4.69) is 24.8 Å². The van der Waals surface area contributed by atoms with Gasteiger partial charge in [-0.1, -0.05) is 13.8 Å². The first-order valence-corrected chi connectivity index (χ1v) is 6.56. The van der Waals surface area contributed by atoms with Crippen molar-refractivity contribution in [2.45, 2.75) is 39.3 Å². The second-order valence-electron chi connectivity index (χ2n) is 4.65. The highest BCUT2D eigenvalue weighted by atomic mass is 16.3. The second-order valence-corrected chi connectivity index (χ2v) is 4.65. The minimum Gasteiger partial charge on any atom is -0.468 e. The third kappa shape index (κ3) is 3.59. The summed E-state index contributed by atoms with van der Waals surface area (Å²) < 4.78 is 5.51. The van der Waals surface area contributed by atoms with Gasteiger partial charge in [0.25, 0.3) is 0 Å². The number of nitrogens with zero attached hydrogens (tertiary/aromatic N) is 2. The Morgan fingerprint density at radius 1 is 1.50 bits per heavy atom. The predicted octanol–water partition coefficient (Wildman–Crippen LogP) is 2.54. The molecule has 4 heteroatoms. The van der Waals surface area contributed by atoms with E-state index in [9.17, 15) is 0 Å². The fraction of sp³-hybridized carbons (Fsp3) is 0.643. The normalized spacial score (nSPS) is 16.2. The maximum Gasteiger partial charge on any atom is 0.122 e. The molecule has 0 saturated carbocycles. The molecule has 0 fully saturated rings. The van der Waals surface area contributed by atoms with E-state index < -0.39 is 0 Å². The number of hydrogen-bond donors (Lipinski definition) is 1. The molecule has 1 aromatic rings. The molecule has 0 bridgehead atoms. The number of rotatable bonds is 7. The zero-order valence-corrected chi connectivity index (χ0v) is 11.5. The average molecular weight is 249 g/mol. The molecule has 2 N–H and O–H groups in total. The number of nitriles is 1. The quantitative estimate of drug-likeness (QED) is 0.806. The summed E-state index contributed by atoms with van der Waals surface area (Å²) in [5, 5.41) is 8.96. The number of furan rings is 1. The van der Waals surface area contributed by atoms with Crippen molar-refractivity contribution in [1.29, 1.82) is 5.26 Å². The molecule has 1 heterocycles. The molecule has 0 aliphatic heterocycles. The molecule has 3 atom stereocenters. The van der Waals surface area contributed by atoms with Gasteiger partial charge in [0.2, 0.25) is 0 Å². The predicted molar refractivity (Wildman–Crippen MR) is 71.7 cm³/mol. The maximum atomic E-state index is 8.96. The van der Waals surface area contributed by atoms with Crippen molar-refractivity contribution in [3.8, 4) is 6.07 Å². The van der Waals surface area contributed by atoms with Gasteiger partial charge in [-0.15, -0.1) is 0 Å². The second kappa shape index (κ2) is 7.20. The van der Waals surface area contributed by atoms with Crippen LogP contribution in [0.25, 0.3) is 0 Å². The van der Waals surface area contributed by atoms with E-state index in [0.29, 0.717) is 6.54 Å². The fourth-order valence-electron chi connectivity index (χ4n) is 2.18. The van der Waals surface area contributed by atoms with Crippen molar-refractivity contribution in [3.63, 3.8) is 0 Å². The van der Waals surface area contributed by atoms with Crippen LogP contribution >= 0.6 is 0 Å². The molecule has 100 valence electrons. The van der Waals surface area contributed by atoms with Crippen molar-refractivity contribution >= 4 is 0 Å². The van der Waals surface area contributed by atoms with Crippen LogP contribution in [-0.4, -0.2) is 24.0 Å². The lowest BCUT2D eigenvalue weighted by atomic mass is 10.0. The summed E-state index contributed by atoms with van der Waals surface area (Å²) in [6.45, 7) is 7.65. The molecule has 1 rings (SSSR count). The van der Waals surface area contributed by atoms with Crippen LogP contribution in [0.15, 0.2) is 22.8 Å². The van der Waals surface area contributed by atoms with Gasteiger partial charge in [-0.2, -0.15) is 5.26 Å². The first-order chi connectivity index (χ1) is 8.63. The molecule has 0 aromatic carbocycles. The largest absolute Gasteiger partial charge is 0.468 e. The summed E-state index contributed by atoms with van der Waals surface area (Å²) in [6, 6.07) is 6.18. The fourth-order valence-corrected chi connectivity index (χ4v) is 2.18. The minimum atomic E-state index is -0.00790. The molecule has 0 amide bonds. The third-order valence-electron chi connectivity index (χ3n) is 3.24. The van der Waals surface area contributed by atoms with Crippen molar-refractivity contribution in [2.75, 3.05) is 13.1 Å². The van der Waals surface area contributed by atoms with E-state index in [-0.39, 0.29) is 18.0 Å². The van der Waals surface area contributed by atoms with Gasteiger partial charge in [0.05, 0.1) is 24.3 Å². The molecular weight excluding hydrogens is 226 g/mol. The van der Waals surface area contributed by atoms with Crippen LogP contribution in [-0.2, 0) is 0 Å². The van der Waals surface area contributed by atoms with E-state index in [0.717, 1.165) is 18.7 Å². The summed E-state index contributed by atoms with van der Waals surface area (Å²) >= 11 is 0. The standard InChI is InChI=1S/C14H23N3O/c1-4-12(16)14(13-7-6-8-18-13)17(5-2)10-11(3)9-15/h6-8,11-12,14H,4-5,10,16H2,1-3H3. The van der Waals surface area contributed by atoms with Gasteiger partial charge in [0, 0.05) is 12.6 Å². The van der Waals surface area contributed by atoms with Gasteiger partial charge >= 0.3 is 0 Å². The molecule has 0 aliphatic rings. The minimum absolute atomic E-state index is 0.00790. The smallest absolute Gasteiger partial charge is 0.122 e. The first kappa shape index (κ1) is 14.7. The average Bonchev–Trinajstić information content (AvgIpc) is 2.90. The zero-order valence-electron chi connectivity index (χ0n) is 11.5. The highest BCUT2D eigenvalue weighted by Gasteiger charge is 2.27. The Labute approximate surface area is 109 Å². The van der Waals surface area contributed by atoms with Crippen molar-refractivity contribution < 1.29 is 4.42 Å². The van der Waals surface area contributed by atoms with E-state index in [1.54, 1.807) is 6.26 Å². The molecule has 0 spiro atoms. The van der Waals surface area contributed by atoms with Gasteiger partial charge in [-0.05, 0) is 32.0 Å². The van der Waals surface area contributed by atoms with E-state index in [4.69, 9.17) is 15.4 Å². The maximum absolute atomic E-state index is 8.96. The Balaban J connectivity index is 2.90. The zero-order chi connectivity index (χ0) is 13.5. The number of nitrogens with two attached hydrogens (primary N) is 1. The van der Waals surface area contributed by atoms with Gasteiger partial charge in [-0.3, -0.25) is 4.90 Å². The first-order valence-electron chi connectivity index (χ1n) is 6.56. The summed E-state index contributed by atoms with van der Waals surface area (Å²) in [4.78, 5) is 2.22. The molecule has 0 saturated heterocycles. The van der Waals surface area contributed by atoms with Crippen LogP contribution in [0.3, 0.4) is 0 Å². The summed E-state index contributed by atoms with van der Waals surface area (Å²) in [6.07, 6.45) is 2.55. The van der Waals surface area contributed by atoms with Gasteiger partial charge in [0.1, 0.15) is 5.76 Å². The van der Waals surface area contributed by atoms with Gasteiger partial charge in [0.15, 0.2) is 0 Å². The number of likely N-dealkylation sites (N-methyl/N-ethyl adjacent to an activating group) is 1. The van der Waals surface area contributed by atoms with Gasteiger partial charge in [-0.25, -0.2) is 0 Å². The lowest BCUT2D eigenvalue weighted by Crippen LogP contribution is -2.42. The molecule has 1 aromatic heterocycles. The highest BCUT2D eigenvalue weighted by molar-refractivity contribution is 5.08. The summed E-state index contributed by atoms with van der Waals surface area (Å²) in [5.41, 5.74) is 6.22. The Hall–Kier alpha value is -1.31. The Bertz CT molecular complexity index is 369. The van der Waals surface area contributed by atoms with Crippen LogP contribution in [0.1, 0.15) is 39.0 Å². The van der Waals surface area contributed by atoms with Crippen LogP contribution in [0.5, 0.6) is 0 Å². The van der Waals surface area contributed by atoms with Crippen molar-refractivity contribution in [2.24, 2.45) is 11.7 Å². The van der Waals surface area contributed by atoms with Crippen LogP contribution in [0, 0.1) is 17.2 Å². The Morgan fingerprint density at radius 3 is 2.67 bits per heavy atom. The molecular formula is C14H23N3O. The number of hydrogen-bond acceptors (Lipinski definition) is 4. The molecule has 4 nitrogen and oxygen atoms in total. The summed E-state index contributed by atoms with van der Waals surface area (Å²) in [7, 11) is 0. The van der Waals surface area contributed by atoms with E-state index in [1.165, 1.54) is 0 Å². The monoisotopic (exact) mass is 249 g/mol. The van der Waals surface area contributed by atoms with E-state index in [1.807, 2.05) is 19.1 Å². The lowest BCUT2D eigenvalue weighted by molar-refractivity contribution is 0.145. The van der Waals surface area contributed by atoms with Crippen molar-refractivity contribution in [3.05, 3.63) is 24.2 Å². The summed E-state index contributed by atoms with van der Waals surface area (Å²) in [5.74, 6) is 0.878. The van der Waals surface area contributed by atoms with Crippen LogP contribution < -0.4 is 5.73 Å². The van der Waals surface area contributed by atoms with Gasteiger partial charge < -0.3 is 10.2 Å². The Kier molecular flexibility index (Phi) is 5.90. The van der Waals surface area contributed by atoms with Crippen LogP contribution in [0.4, 0.5) is 0 Å². The lowest BCUT2D eigenvalue weighted by Gasteiger charge is -2.33. The highest BCUT2D eigenvalue weighted by Crippen LogP contribution is 2.26. The molecule has 0 radical (unpaired) electrons. The molecule has 18 heavy (non-hydrogen) atoms. The van der Waals surface area contributed by atoms with Crippen molar-refractivity contribution in [1.82, 2.24) is 4.90 Å². The SMILES string of the molecule is CCC(N)C(c1ccco1)N(CC)CC(C)C#N. The Morgan fingerprint density at radius 2 is 2.22 bits per heavy atom. The van der Waals surface area contributed by atoms with Crippen LogP contribution in [0.2, 0.25) is 0 Å². The topological polar surface area (TPSA) is 66.2 Å². The van der Waals surface area contributed by atoms with E-state index >= 15 is 0 Å². The molecule has 3 unspecified atom stereocenters. The third-order valence-corrected chi connectivity index (χ3v) is 3.24. The molecule has 0 aliphatic carbocycles.